The van der Waals surface area contributed by atoms with Crippen LogP contribution in [0.4, 0.5) is 0 Å². The van der Waals surface area contributed by atoms with Gasteiger partial charge in [-0.25, -0.2) is 0 Å². The highest BCUT2D eigenvalue weighted by Crippen LogP contribution is 2.30. The van der Waals surface area contributed by atoms with Crippen molar-refractivity contribution >= 4 is 10.5 Å². The van der Waals surface area contributed by atoms with E-state index in [1.165, 1.54) is 38.5 Å². The van der Waals surface area contributed by atoms with Crippen LogP contribution in [0.1, 0.15) is 59.3 Å². The van der Waals surface area contributed by atoms with Crippen molar-refractivity contribution in [2.45, 2.75) is 59.3 Å². The van der Waals surface area contributed by atoms with Gasteiger partial charge in [0, 0.05) is 6.61 Å². The van der Waals surface area contributed by atoms with Crippen LogP contribution < -0.4 is 0 Å². The third-order valence-electron chi connectivity index (χ3n) is 2.76. The monoisotopic (exact) mass is 202 g/mol. The highest BCUT2D eigenvalue weighted by atomic mass is 28.2. The maximum Gasteiger partial charge on any atom is 0.145 e. The predicted octanol–water partition coefficient (Wildman–Crippen LogP) is 2.67. The van der Waals surface area contributed by atoms with Gasteiger partial charge < -0.3 is 4.43 Å². The molecular formula is C11H26OSi. The lowest BCUT2D eigenvalue weighted by atomic mass is 9.81. The van der Waals surface area contributed by atoms with Crippen LogP contribution in [0.2, 0.25) is 0 Å². The Labute approximate surface area is 86.8 Å². The lowest BCUT2D eigenvalue weighted by molar-refractivity contribution is 0.143. The Kier molecular flexibility index (Phi) is 7.67. The first-order valence-corrected chi connectivity index (χ1v) is 6.49. The second-order valence-corrected chi connectivity index (χ2v) is 5.03. The van der Waals surface area contributed by atoms with Crippen molar-refractivity contribution in [2.75, 3.05) is 6.61 Å². The minimum Gasteiger partial charge on any atom is -0.427 e. The second kappa shape index (κ2) is 7.57. The summed E-state index contributed by atoms with van der Waals surface area (Å²) in [7, 11) is 0.887. The van der Waals surface area contributed by atoms with Crippen LogP contribution in [0.15, 0.2) is 0 Å². The van der Waals surface area contributed by atoms with E-state index >= 15 is 0 Å². The Morgan fingerprint density at radius 2 is 1.54 bits per heavy atom. The summed E-state index contributed by atoms with van der Waals surface area (Å²) < 4.78 is 5.44. The first kappa shape index (κ1) is 13.2. The summed E-state index contributed by atoms with van der Waals surface area (Å²) in [5, 5.41) is 0. The zero-order valence-corrected chi connectivity index (χ0v) is 11.9. The normalized spacial score (nSPS) is 12.2. The van der Waals surface area contributed by atoms with Gasteiger partial charge in [0.2, 0.25) is 0 Å². The van der Waals surface area contributed by atoms with Crippen LogP contribution in [-0.4, -0.2) is 17.1 Å². The van der Waals surface area contributed by atoms with Crippen LogP contribution in [-0.2, 0) is 4.43 Å². The third kappa shape index (κ3) is 6.27. The fourth-order valence-electron chi connectivity index (χ4n) is 1.82. The molecule has 0 aromatic rings. The topological polar surface area (TPSA) is 9.23 Å². The molecule has 0 aromatic carbocycles. The summed E-state index contributed by atoms with van der Waals surface area (Å²) in [5.74, 6) is 0. The molecule has 0 aliphatic carbocycles. The molecule has 0 amide bonds. The molecule has 0 fully saturated rings. The molecule has 13 heavy (non-hydrogen) atoms. The Morgan fingerprint density at radius 1 is 1.08 bits per heavy atom. The van der Waals surface area contributed by atoms with Crippen molar-refractivity contribution in [3.63, 3.8) is 0 Å². The molecule has 0 saturated carbocycles. The van der Waals surface area contributed by atoms with Gasteiger partial charge in [-0.1, -0.05) is 46.5 Å². The van der Waals surface area contributed by atoms with Gasteiger partial charge in [0.05, 0.1) is 0 Å². The Hall–Kier alpha value is 0.177. The van der Waals surface area contributed by atoms with Gasteiger partial charge in [0.25, 0.3) is 0 Å². The van der Waals surface area contributed by atoms with E-state index in [-0.39, 0.29) is 0 Å². The van der Waals surface area contributed by atoms with E-state index in [9.17, 15) is 0 Å². The van der Waals surface area contributed by atoms with Crippen LogP contribution in [0.3, 0.4) is 0 Å². The molecular weight excluding hydrogens is 176 g/mol. The smallest absolute Gasteiger partial charge is 0.145 e. The number of hydrogen-bond donors (Lipinski definition) is 0. The average molecular weight is 202 g/mol. The summed E-state index contributed by atoms with van der Waals surface area (Å²) in [6.07, 6.45) is 8.00. The van der Waals surface area contributed by atoms with Crippen molar-refractivity contribution in [3.8, 4) is 0 Å². The predicted molar refractivity (Wildman–Crippen MR) is 63.0 cm³/mol. The second-order valence-electron chi connectivity index (χ2n) is 4.45. The fourth-order valence-corrected chi connectivity index (χ4v) is 2.52. The zero-order chi connectivity index (χ0) is 10.2. The first-order valence-electron chi connectivity index (χ1n) is 5.67. The molecule has 0 N–H and O–H groups in total. The maximum atomic E-state index is 5.44. The van der Waals surface area contributed by atoms with Gasteiger partial charge in [-0.3, -0.25) is 0 Å². The Bertz CT molecular complexity index is 107. The quantitative estimate of drug-likeness (QED) is 0.550. The molecule has 0 rings (SSSR count). The van der Waals surface area contributed by atoms with Crippen molar-refractivity contribution in [1.82, 2.24) is 0 Å². The van der Waals surface area contributed by atoms with Gasteiger partial charge in [-0.05, 0) is 18.3 Å². The third-order valence-corrected chi connectivity index (χ3v) is 3.05. The molecule has 1 nitrogen and oxygen atoms in total. The van der Waals surface area contributed by atoms with Crippen molar-refractivity contribution in [2.24, 2.45) is 5.41 Å². The van der Waals surface area contributed by atoms with Gasteiger partial charge >= 0.3 is 0 Å². The van der Waals surface area contributed by atoms with Gasteiger partial charge in [-0.15, -0.1) is 0 Å². The van der Waals surface area contributed by atoms with E-state index in [2.05, 4.69) is 20.8 Å². The van der Waals surface area contributed by atoms with Crippen LogP contribution in [0.5, 0.6) is 0 Å². The van der Waals surface area contributed by atoms with E-state index in [0.717, 1.165) is 17.1 Å². The summed E-state index contributed by atoms with van der Waals surface area (Å²) in [6.45, 7) is 7.90. The summed E-state index contributed by atoms with van der Waals surface area (Å²) >= 11 is 0. The summed E-state index contributed by atoms with van der Waals surface area (Å²) in [6, 6.07) is 0. The molecule has 0 aliphatic heterocycles. The molecule has 0 bridgehead atoms. The number of hydrogen-bond acceptors (Lipinski definition) is 1. The molecule has 0 heterocycles. The maximum absolute atomic E-state index is 5.44. The first-order chi connectivity index (χ1) is 6.18. The summed E-state index contributed by atoms with van der Waals surface area (Å²) in [5.41, 5.74) is 0.466. The molecule has 0 aromatic heterocycles. The molecule has 80 valence electrons. The molecule has 0 unspecified atom stereocenters. The van der Waals surface area contributed by atoms with Crippen LogP contribution >= 0.6 is 0 Å². The average Bonchev–Trinajstić information content (AvgIpc) is 2.12. The van der Waals surface area contributed by atoms with E-state index in [1.807, 2.05) is 0 Å². The zero-order valence-electron chi connectivity index (χ0n) is 9.86. The van der Waals surface area contributed by atoms with E-state index in [4.69, 9.17) is 4.43 Å². The van der Waals surface area contributed by atoms with Crippen LogP contribution in [0.25, 0.3) is 0 Å². The molecule has 0 saturated heterocycles. The van der Waals surface area contributed by atoms with E-state index in [0.29, 0.717) is 5.41 Å². The molecule has 0 atom stereocenters. The van der Waals surface area contributed by atoms with E-state index in [1.54, 1.807) is 0 Å². The molecule has 0 spiro atoms. The number of unbranched alkanes of at least 4 members (excludes halogenated alkanes) is 2. The van der Waals surface area contributed by atoms with E-state index < -0.39 is 0 Å². The van der Waals surface area contributed by atoms with Gasteiger partial charge in [0.15, 0.2) is 0 Å². The van der Waals surface area contributed by atoms with Crippen molar-refractivity contribution in [1.29, 1.82) is 0 Å². The Balaban J connectivity index is 3.84. The molecule has 2 heteroatoms. The SMILES string of the molecule is CCCCC(C)(CCCC)CO[SiH3]. The van der Waals surface area contributed by atoms with Crippen molar-refractivity contribution < 1.29 is 4.43 Å². The summed E-state index contributed by atoms with van der Waals surface area (Å²) in [4.78, 5) is 0. The van der Waals surface area contributed by atoms with Crippen molar-refractivity contribution in [3.05, 3.63) is 0 Å². The van der Waals surface area contributed by atoms with Gasteiger partial charge in [0.1, 0.15) is 10.5 Å². The van der Waals surface area contributed by atoms with Gasteiger partial charge in [-0.2, -0.15) is 0 Å². The largest absolute Gasteiger partial charge is 0.427 e. The molecule has 0 aliphatic rings. The number of rotatable bonds is 8. The fraction of sp³-hybridized carbons (Fsp3) is 1.00. The minimum absolute atomic E-state index is 0.466. The highest BCUT2D eigenvalue weighted by molar-refractivity contribution is 5.97. The Morgan fingerprint density at radius 3 is 1.85 bits per heavy atom. The minimum atomic E-state index is 0.466. The molecule has 0 radical (unpaired) electrons. The highest BCUT2D eigenvalue weighted by Gasteiger charge is 2.22. The van der Waals surface area contributed by atoms with Crippen LogP contribution in [0, 0.1) is 5.41 Å². The lowest BCUT2D eigenvalue weighted by Gasteiger charge is -2.29. The lowest BCUT2D eigenvalue weighted by Crippen LogP contribution is -2.22. The standard InChI is InChI=1S/C11H26OSi/c1-4-6-8-11(3,10-12-13)9-7-5-2/h4-10H2,1-3,13H3.